The second-order valence-electron chi connectivity index (χ2n) is 7.03. The number of benzene rings is 2. The first-order valence-corrected chi connectivity index (χ1v) is 10.2. The highest BCUT2D eigenvalue weighted by atomic mass is 16.5. The molecule has 2 amide bonds. The zero-order chi connectivity index (χ0) is 22.8. The molecule has 0 atom stereocenters. The Morgan fingerprint density at radius 3 is 2.59 bits per heavy atom. The second kappa shape index (κ2) is 11.5. The first kappa shape index (κ1) is 22.8. The van der Waals surface area contributed by atoms with Crippen molar-refractivity contribution in [3.8, 4) is 17.6 Å². The molecule has 2 aromatic rings. The van der Waals surface area contributed by atoms with Crippen LogP contribution in [0.3, 0.4) is 0 Å². The van der Waals surface area contributed by atoms with Gasteiger partial charge in [0.15, 0.2) is 18.1 Å². The van der Waals surface area contributed by atoms with Crippen LogP contribution in [-0.2, 0) is 20.9 Å². The zero-order valence-electron chi connectivity index (χ0n) is 17.9. The summed E-state index contributed by atoms with van der Waals surface area (Å²) in [5.41, 5.74) is 1.51. The van der Waals surface area contributed by atoms with Crippen molar-refractivity contribution in [3.05, 3.63) is 65.2 Å². The Kier molecular flexibility index (Phi) is 8.23. The lowest BCUT2D eigenvalue weighted by Crippen LogP contribution is -2.43. The van der Waals surface area contributed by atoms with Gasteiger partial charge in [0.25, 0.3) is 11.8 Å². The van der Waals surface area contributed by atoms with E-state index in [1.807, 2.05) is 36.4 Å². The van der Waals surface area contributed by atoms with E-state index < -0.39 is 5.91 Å². The standard InChI is InChI=1S/C24H25N3O5/c1-30-22-14-19(7-8-21(22)32-17-23(28)27-9-11-31-12-10-27)13-20(15-25)24(29)26-16-18-5-3-2-4-6-18/h2-8,13-14H,9-12,16-17H2,1H3,(H,26,29)/b20-13+. The van der Waals surface area contributed by atoms with Gasteiger partial charge in [-0.3, -0.25) is 9.59 Å². The number of methoxy groups -OCH3 is 1. The Morgan fingerprint density at radius 1 is 1.16 bits per heavy atom. The van der Waals surface area contributed by atoms with Gasteiger partial charge in [0.05, 0.1) is 20.3 Å². The van der Waals surface area contributed by atoms with Crippen molar-refractivity contribution in [2.75, 3.05) is 40.0 Å². The summed E-state index contributed by atoms with van der Waals surface area (Å²) < 4.78 is 16.3. The number of carbonyl (C=O) groups is 2. The van der Waals surface area contributed by atoms with Crippen molar-refractivity contribution < 1.29 is 23.8 Å². The Balaban J connectivity index is 1.63. The third-order valence-corrected chi connectivity index (χ3v) is 4.87. The smallest absolute Gasteiger partial charge is 0.262 e. The minimum atomic E-state index is -0.466. The van der Waals surface area contributed by atoms with Crippen LogP contribution in [0, 0.1) is 11.3 Å². The molecule has 0 unspecified atom stereocenters. The SMILES string of the molecule is COc1cc(/C=C(\C#N)C(=O)NCc2ccccc2)ccc1OCC(=O)N1CCOCC1. The van der Waals surface area contributed by atoms with Gasteiger partial charge in [0.1, 0.15) is 11.6 Å². The average molecular weight is 435 g/mol. The minimum Gasteiger partial charge on any atom is -0.493 e. The van der Waals surface area contributed by atoms with Crippen molar-refractivity contribution in [1.29, 1.82) is 5.26 Å². The van der Waals surface area contributed by atoms with Crippen molar-refractivity contribution in [1.82, 2.24) is 10.2 Å². The molecule has 1 fully saturated rings. The third kappa shape index (κ3) is 6.33. The molecule has 0 aliphatic carbocycles. The molecule has 1 heterocycles. The lowest BCUT2D eigenvalue weighted by molar-refractivity contribution is -0.137. The molecule has 0 bridgehead atoms. The molecule has 1 aliphatic heterocycles. The molecular weight excluding hydrogens is 410 g/mol. The highest BCUT2D eigenvalue weighted by Crippen LogP contribution is 2.29. The Hall–Kier alpha value is -3.83. The molecule has 8 heteroatoms. The first-order valence-electron chi connectivity index (χ1n) is 10.2. The van der Waals surface area contributed by atoms with Gasteiger partial charge in [0, 0.05) is 19.6 Å². The summed E-state index contributed by atoms with van der Waals surface area (Å²) in [6, 6.07) is 16.4. The first-order chi connectivity index (χ1) is 15.6. The Bertz CT molecular complexity index is 1010. The number of amides is 2. The molecular formula is C24H25N3O5. The number of nitriles is 1. The second-order valence-corrected chi connectivity index (χ2v) is 7.03. The zero-order valence-corrected chi connectivity index (χ0v) is 17.9. The molecule has 1 aliphatic rings. The van der Waals surface area contributed by atoms with E-state index in [2.05, 4.69) is 5.32 Å². The molecule has 1 saturated heterocycles. The van der Waals surface area contributed by atoms with Crippen molar-refractivity contribution >= 4 is 17.9 Å². The van der Waals surface area contributed by atoms with Crippen molar-refractivity contribution in [3.63, 3.8) is 0 Å². The molecule has 166 valence electrons. The van der Waals surface area contributed by atoms with Crippen LogP contribution in [0.5, 0.6) is 11.5 Å². The number of carbonyl (C=O) groups excluding carboxylic acids is 2. The molecule has 1 N–H and O–H groups in total. The summed E-state index contributed by atoms with van der Waals surface area (Å²) in [4.78, 5) is 26.4. The number of hydrogen-bond donors (Lipinski definition) is 1. The summed E-state index contributed by atoms with van der Waals surface area (Å²) in [6.07, 6.45) is 1.48. The molecule has 0 saturated carbocycles. The fourth-order valence-electron chi connectivity index (χ4n) is 3.13. The van der Waals surface area contributed by atoms with Gasteiger partial charge < -0.3 is 24.4 Å². The van der Waals surface area contributed by atoms with E-state index in [4.69, 9.17) is 14.2 Å². The van der Waals surface area contributed by atoms with E-state index >= 15 is 0 Å². The predicted molar refractivity (Wildman–Crippen MR) is 118 cm³/mol. The maximum Gasteiger partial charge on any atom is 0.262 e. The monoisotopic (exact) mass is 435 g/mol. The number of rotatable bonds is 8. The van der Waals surface area contributed by atoms with Gasteiger partial charge in [-0.2, -0.15) is 5.26 Å². The minimum absolute atomic E-state index is 0.0286. The summed E-state index contributed by atoms with van der Waals surface area (Å²) in [7, 11) is 1.48. The summed E-state index contributed by atoms with van der Waals surface area (Å²) in [5.74, 6) is 0.210. The average Bonchev–Trinajstić information content (AvgIpc) is 2.85. The largest absolute Gasteiger partial charge is 0.493 e. The number of hydrogen-bond acceptors (Lipinski definition) is 6. The fourth-order valence-corrected chi connectivity index (χ4v) is 3.13. The number of ether oxygens (including phenoxy) is 3. The number of nitrogens with one attached hydrogen (secondary N) is 1. The van der Waals surface area contributed by atoms with E-state index in [-0.39, 0.29) is 18.1 Å². The molecule has 0 aromatic heterocycles. The van der Waals surface area contributed by atoms with Crippen LogP contribution in [0.1, 0.15) is 11.1 Å². The van der Waals surface area contributed by atoms with E-state index in [1.165, 1.54) is 13.2 Å². The van der Waals surface area contributed by atoms with Gasteiger partial charge in [-0.05, 0) is 29.3 Å². The Morgan fingerprint density at radius 2 is 1.91 bits per heavy atom. The lowest BCUT2D eigenvalue weighted by atomic mass is 10.1. The molecule has 0 radical (unpaired) electrons. The Labute approximate surface area is 187 Å². The van der Waals surface area contributed by atoms with E-state index in [0.717, 1.165) is 5.56 Å². The molecule has 0 spiro atoms. The fraction of sp³-hybridized carbons (Fsp3) is 0.292. The quantitative estimate of drug-likeness (QED) is 0.504. The summed E-state index contributed by atoms with van der Waals surface area (Å²) >= 11 is 0. The highest BCUT2D eigenvalue weighted by Gasteiger charge is 2.18. The van der Waals surface area contributed by atoms with Gasteiger partial charge in [0.2, 0.25) is 0 Å². The van der Waals surface area contributed by atoms with Crippen molar-refractivity contribution in [2.45, 2.75) is 6.54 Å². The molecule has 8 nitrogen and oxygen atoms in total. The van der Waals surface area contributed by atoms with Gasteiger partial charge in [-0.1, -0.05) is 36.4 Å². The predicted octanol–water partition coefficient (Wildman–Crippen LogP) is 2.16. The van der Waals surface area contributed by atoms with E-state index in [0.29, 0.717) is 49.9 Å². The van der Waals surface area contributed by atoms with Crippen LogP contribution in [0.4, 0.5) is 0 Å². The number of nitrogens with zero attached hydrogens (tertiary/aromatic N) is 2. The van der Waals surface area contributed by atoms with Crippen LogP contribution in [0.15, 0.2) is 54.1 Å². The number of morpholine rings is 1. The topological polar surface area (TPSA) is 101 Å². The highest BCUT2D eigenvalue weighted by molar-refractivity contribution is 6.01. The van der Waals surface area contributed by atoms with Crippen LogP contribution < -0.4 is 14.8 Å². The van der Waals surface area contributed by atoms with E-state index in [1.54, 1.807) is 23.1 Å². The molecule has 32 heavy (non-hydrogen) atoms. The van der Waals surface area contributed by atoms with Crippen LogP contribution in [0.2, 0.25) is 0 Å². The summed E-state index contributed by atoms with van der Waals surface area (Å²) in [5, 5.41) is 12.2. The maximum absolute atomic E-state index is 12.4. The van der Waals surface area contributed by atoms with Gasteiger partial charge in [-0.15, -0.1) is 0 Å². The molecule has 3 rings (SSSR count). The van der Waals surface area contributed by atoms with Crippen LogP contribution in [0.25, 0.3) is 6.08 Å². The normalized spacial score (nSPS) is 13.8. The lowest BCUT2D eigenvalue weighted by Gasteiger charge is -2.26. The van der Waals surface area contributed by atoms with Gasteiger partial charge >= 0.3 is 0 Å². The third-order valence-electron chi connectivity index (χ3n) is 4.87. The van der Waals surface area contributed by atoms with Gasteiger partial charge in [-0.25, -0.2) is 0 Å². The van der Waals surface area contributed by atoms with Crippen LogP contribution in [-0.4, -0.2) is 56.7 Å². The summed E-state index contributed by atoms with van der Waals surface area (Å²) in [6.45, 7) is 2.36. The van der Waals surface area contributed by atoms with Crippen LogP contribution >= 0.6 is 0 Å². The van der Waals surface area contributed by atoms with Crippen molar-refractivity contribution in [2.24, 2.45) is 0 Å². The maximum atomic E-state index is 12.4. The van der Waals surface area contributed by atoms with E-state index in [9.17, 15) is 14.9 Å². The molecule has 2 aromatic carbocycles.